The topological polar surface area (TPSA) is 49.4 Å². The second-order valence-electron chi connectivity index (χ2n) is 6.56. The molecule has 0 aromatic rings. The first-order valence-electron chi connectivity index (χ1n) is 8.35. The Labute approximate surface area is 139 Å². The molecule has 0 radical (unpaired) electrons. The number of rotatable bonds is 3. The van der Waals surface area contributed by atoms with E-state index in [2.05, 4.69) is 5.32 Å². The van der Waals surface area contributed by atoms with Crippen LogP contribution in [0.4, 0.5) is 0 Å². The Morgan fingerprint density at radius 3 is 2.41 bits per heavy atom. The highest BCUT2D eigenvalue weighted by molar-refractivity contribution is 8.17. The first-order chi connectivity index (χ1) is 10.7. The van der Waals surface area contributed by atoms with E-state index in [-0.39, 0.29) is 11.8 Å². The van der Waals surface area contributed by atoms with Gasteiger partial charge in [-0.05, 0) is 38.5 Å². The van der Waals surface area contributed by atoms with Crippen molar-refractivity contribution >= 4 is 35.3 Å². The van der Waals surface area contributed by atoms with Gasteiger partial charge in [0.05, 0.1) is 5.88 Å². The summed E-state index contributed by atoms with van der Waals surface area (Å²) in [5, 5.41) is 4.40. The molecule has 3 atom stereocenters. The smallest absolute Gasteiger partial charge is 0.257 e. The third kappa shape index (κ3) is 2.63. The molecule has 4 nitrogen and oxygen atoms in total. The summed E-state index contributed by atoms with van der Waals surface area (Å²) in [7, 11) is 0. The second kappa shape index (κ2) is 6.21. The van der Waals surface area contributed by atoms with Gasteiger partial charge in [-0.15, -0.1) is 23.5 Å². The Balaban J connectivity index is 1.35. The SMILES string of the molecule is O=C1C2=C(CCCC2)C(=O)N1CSC1NC2CCCCC2S1. The van der Waals surface area contributed by atoms with Gasteiger partial charge in [0, 0.05) is 22.4 Å². The molecular formula is C16H22N2O2S2. The number of carbonyl (C=O) groups is 2. The Morgan fingerprint density at radius 2 is 1.73 bits per heavy atom. The molecule has 0 bridgehead atoms. The average Bonchev–Trinajstić information content (AvgIpc) is 3.06. The lowest BCUT2D eigenvalue weighted by molar-refractivity contribution is -0.136. The quantitative estimate of drug-likeness (QED) is 0.802. The number of hydrogen-bond donors (Lipinski definition) is 1. The number of thioether (sulfide) groups is 2. The van der Waals surface area contributed by atoms with Crippen LogP contribution in [-0.2, 0) is 9.59 Å². The van der Waals surface area contributed by atoms with Crippen molar-refractivity contribution in [3.8, 4) is 0 Å². The Bertz CT molecular complexity index is 492. The third-order valence-electron chi connectivity index (χ3n) is 5.18. The minimum atomic E-state index is -0.0207. The second-order valence-corrected chi connectivity index (χ2v) is 9.27. The highest BCUT2D eigenvalue weighted by Gasteiger charge is 2.40. The average molecular weight is 338 g/mol. The van der Waals surface area contributed by atoms with Gasteiger partial charge in [-0.1, -0.05) is 12.8 Å². The van der Waals surface area contributed by atoms with Gasteiger partial charge < -0.3 is 0 Å². The zero-order chi connectivity index (χ0) is 15.1. The molecule has 0 spiro atoms. The van der Waals surface area contributed by atoms with Gasteiger partial charge in [-0.25, -0.2) is 0 Å². The van der Waals surface area contributed by atoms with E-state index >= 15 is 0 Å². The van der Waals surface area contributed by atoms with Gasteiger partial charge >= 0.3 is 0 Å². The summed E-state index contributed by atoms with van der Waals surface area (Å²) in [5.41, 5.74) is 1.61. The molecule has 4 aliphatic rings. The van der Waals surface area contributed by atoms with Crippen molar-refractivity contribution in [2.45, 2.75) is 67.4 Å². The van der Waals surface area contributed by atoms with Crippen LogP contribution in [0.5, 0.6) is 0 Å². The van der Waals surface area contributed by atoms with Crippen LogP contribution < -0.4 is 5.32 Å². The minimum Gasteiger partial charge on any atom is -0.293 e. The molecule has 2 amide bonds. The van der Waals surface area contributed by atoms with Gasteiger partial charge in [-0.3, -0.25) is 19.8 Å². The van der Waals surface area contributed by atoms with E-state index in [1.807, 2.05) is 11.8 Å². The third-order valence-corrected chi connectivity index (χ3v) is 8.07. The molecule has 3 unspecified atom stereocenters. The lowest BCUT2D eigenvalue weighted by atomic mass is 9.93. The summed E-state index contributed by atoms with van der Waals surface area (Å²) in [5.74, 6) is 0.453. The fourth-order valence-corrected chi connectivity index (χ4v) is 6.96. The van der Waals surface area contributed by atoms with E-state index in [0.29, 0.717) is 16.6 Å². The summed E-state index contributed by atoms with van der Waals surface area (Å²) in [4.78, 5) is 26.3. The van der Waals surface area contributed by atoms with E-state index in [0.717, 1.165) is 42.1 Å². The molecule has 2 aliphatic heterocycles. The zero-order valence-corrected chi connectivity index (χ0v) is 14.3. The van der Waals surface area contributed by atoms with E-state index < -0.39 is 0 Å². The number of fused-ring (bicyclic) bond motifs is 1. The molecule has 6 heteroatoms. The van der Waals surface area contributed by atoms with Gasteiger partial charge in [0.1, 0.15) is 4.71 Å². The monoisotopic (exact) mass is 338 g/mol. The Hall–Kier alpha value is -0.460. The molecular weight excluding hydrogens is 316 g/mol. The molecule has 2 fully saturated rings. The van der Waals surface area contributed by atoms with E-state index in [1.165, 1.54) is 30.6 Å². The van der Waals surface area contributed by atoms with Crippen LogP contribution in [0.25, 0.3) is 0 Å². The van der Waals surface area contributed by atoms with Crippen LogP contribution in [0.2, 0.25) is 0 Å². The first kappa shape index (κ1) is 15.1. The van der Waals surface area contributed by atoms with Crippen molar-refractivity contribution in [1.29, 1.82) is 0 Å². The maximum atomic E-state index is 12.4. The van der Waals surface area contributed by atoms with Crippen molar-refractivity contribution in [2.24, 2.45) is 0 Å². The first-order valence-corrected chi connectivity index (χ1v) is 10.3. The number of carbonyl (C=O) groups excluding carboxylic acids is 2. The van der Waals surface area contributed by atoms with Gasteiger partial charge in [0.2, 0.25) is 0 Å². The maximum absolute atomic E-state index is 12.4. The van der Waals surface area contributed by atoms with Crippen molar-refractivity contribution in [1.82, 2.24) is 10.2 Å². The predicted octanol–water partition coefficient (Wildman–Crippen LogP) is 2.85. The van der Waals surface area contributed by atoms with Crippen LogP contribution in [-0.4, -0.2) is 38.6 Å². The largest absolute Gasteiger partial charge is 0.293 e. The van der Waals surface area contributed by atoms with E-state index in [4.69, 9.17) is 0 Å². The standard InChI is InChI=1S/C16H22N2O2S2/c19-14-10-5-1-2-6-11(10)15(20)18(14)9-21-16-17-12-7-3-4-8-13(12)22-16/h12-13,16-17H,1-9H2. The highest BCUT2D eigenvalue weighted by Crippen LogP contribution is 2.42. The van der Waals surface area contributed by atoms with E-state index in [9.17, 15) is 9.59 Å². The lowest BCUT2D eigenvalue weighted by Crippen LogP contribution is -2.36. The summed E-state index contributed by atoms with van der Waals surface area (Å²) < 4.78 is 0.325. The number of hydrogen-bond acceptors (Lipinski definition) is 5. The molecule has 1 saturated carbocycles. The maximum Gasteiger partial charge on any atom is 0.257 e. The molecule has 1 N–H and O–H groups in total. The molecule has 2 aliphatic carbocycles. The Kier molecular flexibility index (Phi) is 4.26. The number of nitrogens with zero attached hydrogens (tertiary/aromatic N) is 1. The highest BCUT2D eigenvalue weighted by atomic mass is 32.2. The van der Waals surface area contributed by atoms with Crippen molar-refractivity contribution in [3.05, 3.63) is 11.1 Å². The van der Waals surface area contributed by atoms with Crippen molar-refractivity contribution in [3.63, 3.8) is 0 Å². The Morgan fingerprint density at radius 1 is 1.05 bits per heavy atom. The van der Waals surface area contributed by atoms with Crippen molar-refractivity contribution in [2.75, 3.05) is 5.88 Å². The van der Waals surface area contributed by atoms with Crippen LogP contribution in [0.3, 0.4) is 0 Å². The minimum absolute atomic E-state index is 0.0207. The molecule has 0 aromatic heterocycles. The van der Waals surface area contributed by atoms with Crippen LogP contribution in [0.15, 0.2) is 11.1 Å². The summed E-state index contributed by atoms with van der Waals surface area (Å²) >= 11 is 3.70. The molecule has 22 heavy (non-hydrogen) atoms. The number of nitrogens with one attached hydrogen (secondary N) is 1. The van der Waals surface area contributed by atoms with Gasteiger partial charge in [0.25, 0.3) is 11.8 Å². The fraction of sp³-hybridized carbons (Fsp3) is 0.750. The van der Waals surface area contributed by atoms with Crippen LogP contribution in [0.1, 0.15) is 51.4 Å². The zero-order valence-electron chi connectivity index (χ0n) is 12.7. The fourth-order valence-electron chi connectivity index (χ4n) is 3.97. The summed E-state index contributed by atoms with van der Waals surface area (Å²) in [6.45, 7) is 0. The summed E-state index contributed by atoms with van der Waals surface area (Å²) in [6.07, 6.45) is 8.91. The molecule has 2 heterocycles. The normalized spacial score (nSPS) is 35.1. The van der Waals surface area contributed by atoms with Crippen LogP contribution >= 0.6 is 23.5 Å². The van der Waals surface area contributed by atoms with Gasteiger partial charge in [0.15, 0.2) is 0 Å². The molecule has 0 aromatic carbocycles. The number of amides is 2. The predicted molar refractivity (Wildman–Crippen MR) is 90.4 cm³/mol. The molecule has 120 valence electrons. The van der Waals surface area contributed by atoms with E-state index in [1.54, 1.807) is 11.8 Å². The van der Waals surface area contributed by atoms with Crippen LogP contribution in [0, 0.1) is 0 Å². The molecule has 4 rings (SSSR count). The lowest BCUT2D eigenvalue weighted by Gasteiger charge is -2.23. The summed E-state index contributed by atoms with van der Waals surface area (Å²) in [6, 6.07) is 0.632. The van der Waals surface area contributed by atoms with Crippen molar-refractivity contribution < 1.29 is 9.59 Å². The number of imide groups is 1. The van der Waals surface area contributed by atoms with Gasteiger partial charge in [-0.2, -0.15) is 0 Å². The molecule has 1 saturated heterocycles.